The summed E-state index contributed by atoms with van der Waals surface area (Å²) in [6, 6.07) is 48.3. The van der Waals surface area contributed by atoms with Crippen LogP contribution >= 0.6 is 22.6 Å². The van der Waals surface area contributed by atoms with Gasteiger partial charge in [-0.3, -0.25) is 20.2 Å². The van der Waals surface area contributed by atoms with Crippen LogP contribution in [0, 0.1) is 46.5 Å². The molecule has 0 radical (unpaired) electrons. The van der Waals surface area contributed by atoms with Crippen LogP contribution in [0.3, 0.4) is 0 Å². The zero-order chi connectivity index (χ0) is 94.0. The molecule has 2 aromatic heterocycles. The Labute approximate surface area is 767 Å². The third kappa shape index (κ3) is 30.6. The van der Waals surface area contributed by atoms with E-state index in [1.54, 1.807) is 102 Å². The average Bonchev–Trinajstić information content (AvgIpc) is 1.62. The zero-order valence-electron chi connectivity index (χ0n) is 73.2. The van der Waals surface area contributed by atoms with E-state index >= 15 is 0 Å². The van der Waals surface area contributed by atoms with E-state index in [2.05, 4.69) is 77.4 Å². The molecular formula is C97H108BF8IN6O15S2. The molecule has 130 heavy (non-hydrogen) atoms. The third-order valence-electron chi connectivity index (χ3n) is 23.4. The number of rotatable bonds is 12. The standard InChI is InChI=1S/C19H21FN2O2S.C14H23BO4.C14H15FO2.C12H13FO.C12H11FO.C11H10N2O.C7H10N2O2S.C6H4FI.C2HF3O2/c1-14-5-11-19(12-6-14)25(23,24)22-21-18-9-7-15(8-10-18)16-3-2-4-17(20)13-16;1-12(2)13(3,4)19-15(18-12)11-5-7-14(8-6-11)16-9-10-17-14;15-13-3-1-2-12(10-13)11-4-6-14(7-5-11)16-8-9-17-14;2*13-11-3-1-2-10(8-11)9-4-6-12(14)7-5-9;14-6-10-9(8-1-2-8)3-4-13-7-12-5-11(10)13;1-6-2-4-7(5-3-6)12(10,11)9-8;7-5-2-1-3-6(8)4-5;3-2(4,5)1(6)7/h2-6,11-13,15,22H,7-10H2,1H3;5H,6-10H2,1-4H3;1-4,10H,5-9H2;1-3,8-9H,4-7H2;1-4,8H,5-7H2;3-8H,1-2H2;2-5,9H,8H2,1H3;1-4H;(H,6,7). The van der Waals surface area contributed by atoms with Gasteiger partial charge in [-0.25, -0.2) is 45.0 Å². The summed E-state index contributed by atoms with van der Waals surface area (Å²) in [7, 11) is -7.34. The molecule has 5 heterocycles. The number of allylic oxidation sites excluding steroid dienone is 4. The van der Waals surface area contributed by atoms with E-state index in [-0.39, 0.29) is 68.8 Å². The molecule has 2 spiro atoms. The highest BCUT2D eigenvalue weighted by molar-refractivity contribution is 14.1. The van der Waals surface area contributed by atoms with Gasteiger partial charge in [0.25, 0.3) is 20.0 Å². The number of nitrogens with zero attached hydrogens (tertiary/aromatic N) is 3. The van der Waals surface area contributed by atoms with Gasteiger partial charge in [0.1, 0.15) is 40.7 Å². The molecule has 6 fully saturated rings. The molecule has 6 aliphatic carbocycles. The first-order chi connectivity index (χ1) is 61.7. The van der Waals surface area contributed by atoms with E-state index in [4.69, 9.17) is 44.0 Å². The van der Waals surface area contributed by atoms with E-state index in [0.29, 0.717) is 88.5 Å². The number of hydrogen-bond acceptors (Lipinski definition) is 17. The van der Waals surface area contributed by atoms with Crippen LogP contribution in [0.2, 0.25) is 0 Å². The van der Waals surface area contributed by atoms with Gasteiger partial charge in [0.2, 0.25) is 0 Å². The number of hydrazone groups is 1. The number of ether oxygens (including phenoxy) is 4. The molecule has 3 saturated carbocycles. The summed E-state index contributed by atoms with van der Waals surface area (Å²) in [6.45, 7) is 14.9. The van der Waals surface area contributed by atoms with E-state index < -0.39 is 38.0 Å². The maximum atomic E-state index is 13.3. The number of hydrogen-bond donors (Lipinski definition) is 4. The molecule has 3 saturated heterocycles. The fourth-order valence-electron chi connectivity index (χ4n) is 15.2. The van der Waals surface area contributed by atoms with Crippen molar-refractivity contribution in [2.24, 2.45) is 10.9 Å². The lowest BCUT2D eigenvalue weighted by atomic mass is 9.71. The van der Waals surface area contributed by atoms with Crippen molar-refractivity contribution in [1.82, 2.24) is 19.0 Å². The first kappa shape index (κ1) is 102. The molecule has 5 N–H and O–H groups in total. The van der Waals surface area contributed by atoms with Crippen LogP contribution in [0.1, 0.15) is 217 Å². The minimum atomic E-state index is -5.08. The zero-order valence-corrected chi connectivity index (χ0v) is 76.9. The number of imidazole rings is 1. The molecule has 0 bridgehead atoms. The largest absolute Gasteiger partial charge is 0.490 e. The van der Waals surface area contributed by atoms with Gasteiger partial charge in [0, 0.05) is 72.4 Å². The lowest BCUT2D eigenvalue weighted by molar-refractivity contribution is -0.192. The van der Waals surface area contributed by atoms with Crippen molar-refractivity contribution >= 4 is 96.0 Å². The number of aliphatic carboxylic acids is 1. The number of carbonyl (C=O) groups is 4. The minimum Gasteiger partial charge on any atom is -0.475 e. The number of sulfonamides is 2. The number of carbonyl (C=O) groups excluding carboxylic acids is 3. The van der Waals surface area contributed by atoms with E-state index in [9.17, 15) is 66.3 Å². The monoisotopic (exact) mass is 1950 g/mol. The number of benzene rings is 7. The highest BCUT2D eigenvalue weighted by atomic mass is 127. The van der Waals surface area contributed by atoms with Gasteiger partial charge >= 0.3 is 19.3 Å². The van der Waals surface area contributed by atoms with Crippen molar-refractivity contribution in [1.29, 1.82) is 0 Å². The summed E-state index contributed by atoms with van der Waals surface area (Å²) in [6.07, 6.45) is 23.0. The fraction of sp³-hybridized carbons (Fsp3) is 0.381. The second-order valence-corrected chi connectivity index (χ2v) is 38.1. The lowest BCUT2D eigenvalue weighted by Gasteiger charge is -2.32. The number of halogens is 9. The fourth-order valence-corrected chi connectivity index (χ4v) is 17.2. The number of hydrazine groups is 1. The number of carboxylic acid groups (broad SMARTS) is 1. The topological polar surface area (TPSA) is 292 Å². The number of fused-ring (bicyclic) bond motifs is 1. The van der Waals surface area contributed by atoms with Gasteiger partial charge in [-0.15, -0.1) is 0 Å². The molecular weight excluding hydrogens is 1840 g/mol. The van der Waals surface area contributed by atoms with Crippen LogP contribution in [0.15, 0.2) is 233 Å². The Balaban J connectivity index is 0.000000155. The summed E-state index contributed by atoms with van der Waals surface area (Å²) in [4.78, 5) is 50.4. The number of pyridine rings is 1. The van der Waals surface area contributed by atoms with Crippen molar-refractivity contribution < 1.29 is 104 Å². The Kier molecular flexibility index (Phi) is 37.0. The molecule has 0 unspecified atom stereocenters. The first-order valence-electron chi connectivity index (χ1n) is 42.8. The summed E-state index contributed by atoms with van der Waals surface area (Å²) >= 11 is 2.07. The van der Waals surface area contributed by atoms with Gasteiger partial charge in [-0.2, -0.15) is 31.5 Å². The number of aryl methyl sites for hydroxylation is 2. The quantitative estimate of drug-likeness (QED) is 0.0221. The smallest absolute Gasteiger partial charge is 0.475 e. The normalized spacial score (nSPS) is 18.8. The van der Waals surface area contributed by atoms with Crippen LogP contribution in [0.5, 0.6) is 0 Å². The Morgan fingerprint density at radius 2 is 1.02 bits per heavy atom. The van der Waals surface area contributed by atoms with Crippen molar-refractivity contribution in [3.63, 3.8) is 0 Å². The number of ketones is 2. The summed E-state index contributed by atoms with van der Waals surface area (Å²) in [5, 5.41) is 11.2. The van der Waals surface area contributed by atoms with Gasteiger partial charge in [-0.1, -0.05) is 108 Å². The Hall–Kier alpha value is -9.79. The number of nitrogens with one attached hydrogen (secondary N) is 2. The first-order valence-corrected chi connectivity index (χ1v) is 46.9. The highest BCUT2D eigenvalue weighted by Crippen LogP contribution is 2.45. The molecule has 18 rings (SSSR count). The van der Waals surface area contributed by atoms with Crippen LogP contribution < -0.4 is 15.5 Å². The van der Waals surface area contributed by atoms with Gasteiger partial charge in [0.05, 0.1) is 65.5 Å². The van der Waals surface area contributed by atoms with Crippen molar-refractivity contribution in [2.75, 3.05) is 26.4 Å². The molecule has 9 aromatic rings. The number of carboxylic acids is 1. The molecule has 694 valence electrons. The van der Waals surface area contributed by atoms with E-state index in [1.165, 1.54) is 84.0 Å². The molecule has 0 amide bonds. The number of aromatic nitrogens is 2. The second kappa shape index (κ2) is 47.0. The molecule has 9 aliphatic rings. The highest BCUT2D eigenvalue weighted by Gasteiger charge is 2.53. The van der Waals surface area contributed by atoms with Crippen LogP contribution in [-0.2, 0) is 62.7 Å². The van der Waals surface area contributed by atoms with Crippen molar-refractivity contribution in [3.05, 3.63) is 296 Å². The van der Waals surface area contributed by atoms with Gasteiger partial charge < -0.3 is 37.8 Å². The predicted molar refractivity (Wildman–Crippen MR) is 489 cm³/mol. The molecule has 0 atom stereocenters. The molecule has 21 nitrogen and oxygen atoms in total. The summed E-state index contributed by atoms with van der Waals surface area (Å²) in [5.74, 6) is 2.24. The molecule has 7 aromatic carbocycles. The Morgan fingerprint density at radius 1 is 0.562 bits per heavy atom. The van der Waals surface area contributed by atoms with Crippen LogP contribution in [-0.4, -0.2) is 123 Å². The summed E-state index contributed by atoms with van der Waals surface area (Å²) in [5.41, 5.74) is 12.6. The minimum absolute atomic E-state index is 0.170. The van der Waals surface area contributed by atoms with E-state index in [1.807, 2.05) is 66.9 Å². The summed E-state index contributed by atoms with van der Waals surface area (Å²) < 4.78 is 181. The second-order valence-electron chi connectivity index (χ2n) is 33.4. The third-order valence-corrected chi connectivity index (χ3v) is 26.5. The number of aldehydes is 1. The SMILES string of the molecule is CC1(C)OB(C2=CCC3(CC2)OCCO3)OC1(C)C.Cc1ccc(S(=O)(=O)NN)cc1.Cc1ccc(S(=O)(=O)NN=C2CCC(c3cccc(F)c3)CC2)cc1.Fc1cccc(C2=CCC3(CC2)OCCO3)c1.Fc1cccc(I)c1.O=C(O)C(F)(F)F.O=C1CC=C(c2cccc(F)c2)CC1.O=C1CCC(c2cccc(F)c2)CC1.O=Cc1c(C2CC2)ccn2cncc12. The predicted octanol–water partition coefficient (Wildman–Crippen LogP) is 21.0. The average molecular weight is 1950 g/mol. The number of nitrogens with two attached hydrogens (primary N) is 1. The Bertz CT molecular complexity index is 5670. The van der Waals surface area contributed by atoms with E-state index in [0.717, 1.165) is 136 Å². The molecule has 33 heteroatoms. The number of Topliss-reactive ketones (excluding diaryl/α,β-unsaturated/α-hetero) is 2. The maximum absolute atomic E-state index is 13.3. The van der Waals surface area contributed by atoms with Crippen molar-refractivity contribution in [3.8, 4) is 0 Å². The molecule has 3 aliphatic heterocycles. The number of alkyl halides is 3. The lowest BCUT2D eigenvalue weighted by Crippen LogP contribution is -2.41. The van der Waals surface area contributed by atoms with Crippen LogP contribution in [0.4, 0.5) is 35.1 Å². The van der Waals surface area contributed by atoms with Crippen LogP contribution in [0.25, 0.3) is 16.7 Å². The Morgan fingerprint density at radius 3 is 1.42 bits per heavy atom. The maximum Gasteiger partial charge on any atom is 0.490 e. The van der Waals surface area contributed by atoms with Gasteiger partial charge in [0.15, 0.2) is 17.9 Å². The van der Waals surface area contributed by atoms with Crippen molar-refractivity contribution in [2.45, 2.75) is 220 Å². The van der Waals surface area contributed by atoms with Gasteiger partial charge in [-0.05, 0) is 294 Å².